The van der Waals surface area contributed by atoms with Crippen molar-refractivity contribution in [3.05, 3.63) is 0 Å². The smallest absolute Gasteiger partial charge is 0.315 e. The van der Waals surface area contributed by atoms with Gasteiger partial charge in [0, 0.05) is 13.1 Å². The van der Waals surface area contributed by atoms with E-state index >= 15 is 0 Å². The highest BCUT2D eigenvalue weighted by Crippen LogP contribution is 2.57. The van der Waals surface area contributed by atoms with Gasteiger partial charge in [-0.05, 0) is 12.8 Å². The first-order valence-electron chi connectivity index (χ1n) is 5.24. The third-order valence-electron chi connectivity index (χ3n) is 3.18. The zero-order chi connectivity index (χ0) is 12.7. The van der Waals surface area contributed by atoms with Gasteiger partial charge < -0.3 is 5.32 Å². The monoisotopic (exact) mass is 251 g/mol. The molecule has 5 nitrogen and oxygen atoms in total. The van der Waals surface area contributed by atoms with Crippen LogP contribution in [0.1, 0.15) is 12.8 Å². The standard InChI is InChI=1S/C9H12F3N3O2/c10-9(11,12)8(1-2-8)7(17)15-14-6(16)5-3-13-4-5/h5,13H,1-4H2,(H,14,16)(H,15,17). The number of nitrogens with one attached hydrogen (secondary N) is 3. The second-order valence-corrected chi connectivity index (χ2v) is 4.38. The predicted octanol–water partition coefficient (Wildman–Crippen LogP) is -0.304. The molecule has 3 N–H and O–H groups in total. The summed E-state index contributed by atoms with van der Waals surface area (Å²) < 4.78 is 37.6. The molecule has 0 spiro atoms. The van der Waals surface area contributed by atoms with E-state index in [-0.39, 0.29) is 18.8 Å². The quantitative estimate of drug-likeness (QED) is 0.590. The molecular weight excluding hydrogens is 239 g/mol. The lowest BCUT2D eigenvalue weighted by atomic mass is 10.0. The topological polar surface area (TPSA) is 70.2 Å². The summed E-state index contributed by atoms with van der Waals surface area (Å²) in [7, 11) is 0. The number of alkyl halides is 3. The first kappa shape index (κ1) is 12.2. The summed E-state index contributed by atoms with van der Waals surface area (Å²) in [5.41, 5.74) is 1.59. The van der Waals surface area contributed by atoms with Gasteiger partial charge in [0.15, 0.2) is 0 Å². The molecule has 8 heteroatoms. The summed E-state index contributed by atoms with van der Waals surface area (Å²) in [6.45, 7) is 0.957. The first-order chi connectivity index (χ1) is 7.87. The molecule has 1 saturated heterocycles. The average molecular weight is 251 g/mol. The predicted molar refractivity (Wildman–Crippen MR) is 50.4 cm³/mol. The van der Waals surface area contributed by atoms with Crippen LogP contribution in [0.4, 0.5) is 13.2 Å². The van der Waals surface area contributed by atoms with E-state index in [1.807, 2.05) is 10.9 Å². The van der Waals surface area contributed by atoms with E-state index < -0.39 is 23.4 Å². The Morgan fingerprint density at radius 1 is 1.18 bits per heavy atom. The molecule has 2 rings (SSSR count). The Hall–Kier alpha value is -1.31. The van der Waals surface area contributed by atoms with Crippen LogP contribution >= 0.6 is 0 Å². The van der Waals surface area contributed by atoms with Gasteiger partial charge in [0.2, 0.25) is 5.91 Å². The molecule has 1 heterocycles. The van der Waals surface area contributed by atoms with E-state index in [1.165, 1.54) is 0 Å². The SMILES string of the molecule is O=C(NNC(=O)C1(C(F)(F)F)CC1)C1CNC1. The Bertz CT molecular complexity index is 348. The number of hydrazine groups is 1. The van der Waals surface area contributed by atoms with E-state index in [2.05, 4.69) is 5.32 Å². The summed E-state index contributed by atoms with van der Waals surface area (Å²) in [5.74, 6) is -1.92. The molecule has 0 aromatic rings. The number of hydrogen-bond donors (Lipinski definition) is 3. The number of carbonyl (C=O) groups is 2. The summed E-state index contributed by atoms with van der Waals surface area (Å²) in [6.07, 6.45) is -4.99. The van der Waals surface area contributed by atoms with Crippen LogP contribution in [-0.4, -0.2) is 31.1 Å². The summed E-state index contributed by atoms with van der Waals surface area (Å²) in [4.78, 5) is 22.6. The first-order valence-corrected chi connectivity index (χ1v) is 5.24. The third-order valence-corrected chi connectivity index (χ3v) is 3.18. The van der Waals surface area contributed by atoms with Crippen molar-refractivity contribution in [3.8, 4) is 0 Å². The molecule has 0 atom stereocenters. The molecule has 0 aromatic carbocycles. The molecule has 96 valence electrons. The van der Waals surface area contributed by atoms with Gasteiger partial charge in [-0.2, -0.15) is 13.2 Å². The Kier molecular flexibility index (Phi) is 2.76. The van der Waals surface area contributed by atoms with Crippen LogP contribution in [-0.2, 0) is 9.59 Å². The molecule has 2 fully saturated rings. The van der Waals surface area contributed by atoms with Crippen molar-refractivity contribution < 1.29 is 22.8 Å². The minimum atomic E-state index is -4.56. The molecule has 0 radical (unpaired) electrons. The van der Waals surface area contributed by atoms with Gasteiger partial charge in [0.05, 0.1) is 5.92 Å². The number of amides is 2. The van der Waals surface area contributed by atoms with Gasteiger partial charge in [-0.25, -0.2) is 0 Å². The van der Waals surface area contributed by atoms with Crippen LogP contribution in [0.5, 0.6) is 0 Å². The number of rotatable bonds is 2. The van der Waals surface area contributed by atoms with E-state index in [1.54, 1.807) is 0 Å². The highest BCUT2D eigenvalue weighted by Gasteiger charge is 2.68. The Morgan fingerprint density at radius 2 is 1.76 bits per heavy atom. The van der Waals surface area contributed by atoms with Crippen LogP contribution in [0.2, 0.25) is 0 Å². The van der Waals surface area contributed by atoms with Crippen molar-refractivity contribution in [3.63, 3.8) is 0 Å². The van der Waals surface area contributed by atoms with E-state index in [0.717, 1.165) is 0 Å². The van der Waals surface area contributed by atoms with E-state index in [0.29, 0.717) is 13.1 Å². The van der Waals surface area contributed by atoms with E-state index in [9.17, 15) is 22.8 Å². The second-order valence-electron chi connectivity index (χ2n) is 4.38. The van der Waals surface area contributed by atoms with Crippen molar-refractivity contribution in [1.82, 2.24) is 16.2 Å². The number of carbonyl (C=O) groups excluding carboxylic acids is 2. The highest BCUT2D eigenvalue weighted by atomic mass is 19.4. The number of hydrogen-bond acceptors (Lipinski definition) is 3. The maximum Gasteiger partial charge on any atom is 0.403 e. The Morgan fingerprint density at radius 3 is 2.12 bits per heavy atom. The molecule has 0 unspecified atom stereocenters. The fraction of sp³-hybridized carbons (Fsp3) is 0.778. The fourth-order valence-corrected chi connectivity index (χ4v) is 1.58. The molecule has 1 saturated carbocycles. The van der Waals surface area contributed by atoms with Gasteiger partial charge in [-0.15, -0.1) is 0 Å². The van der Waals surface area contributed by atoms with Crippen LogP contribution in [0.25, 0.3) is 0 Å². The van der Waals surface area contributed by atoms with E-state index in [4.69, 9.17) is 0 Å². The average Bonchev–Trinajstić information content (AvgIpc) is 2.90. The molecule has 17 heavy (non-hydrogen) atoms. The normalized spacial score (nSPS) is 22.5. The molecule has 2 aliphatic rings. The molecule has 1 aliphatic heterocycles. The maximum atomic E-state index is 12.5. The van der Waals surface area contributed by atoms with Crippen molar-refractivity contribution >= 4 is 11.8 Å². The lowest BCUT2D eigenvalue weighted by Gasteiger charge is -2.26. The summed E-state index contributed by atoms with van der Waals surface area (Å²) in [5, 5.41) is 2.84. The summed E-state index contributed by atoms with van der Waals surface area (Å²) in [6, 6.07) is 0. The largest absolute Gasteiger partial charge is 0.403 e. The van der Waals surface area contributed by atoms with Crippen molar-refractivity contribution in [2.24, 2.45) is 11.3 Å². The zero-order valence-corrected chi connectivity index (χ0v) is 8.86. The van der Waals surface area contributed by atoms with Crippen LogP contribution in [0.15, 0.2) is 0 Å². The maximum absolute atomic E-state index is 12.5. The fourth-order valence-electron chi connectivity index (χ4n) is 1.58. The Labute approximate surface area is 95.1 Å². The molecule has 0 bridgehead atoms. The van der Waals surface area contributed by atoms with Gasteiger partial charge in [0.1, 0.15) is 5.41 Å². The van der Waals surface area contributed by atoms with Gasteiger partial charge in [-0.1, -0.05) is 0 Å². The minimum absolute atomic E-state index is 0.219. The van der Waals surface area contributed by atoms with Crippen LogP contribution in [0, 0.1) is 11.3 Å². The zero-order valence-electron chi connectivity index (χ0n) is 8.86. The van der Waals surface area contributed by atoms with Gasteiger partial charge in [-0.3, -0.25) is 20.4 Å². The third kappa shape index (κ3) is 2.08. The molecule has 1 aliphatic carbocycles. The summed E-state index contributed by atoms with van der Waals surface area (Å²) >= 11 is 0. The molecule has 0 aromatic heterocycles. The Balaban J connectivity index is 1.83. The molecule has 2 amide bonds. The highest BCUT2D eigenvalue weighted by molar-refractivity contribution is 5.89. The van der Waals surface area contributed by atoms with Gasteiger partial charge in [0.25, 0.3) is 5.91 Å². The van der Waals surface area contributed by atoms with Gasteiger partial charge >= 0.3 is 6.18 Å². The van der Waals surface area contributed by atoms with Crippen LogP contribution < -0.4 is 16.2 Å². The second kappa shape index (κ2) is 3.86. The van der Waals surface area contributed by atoms with Crippen molar-refractivity contribution in [1.29, 1.82) is 0 Å². The lowest BCUT2D eigenvalue weighted by Crippen LogP contribution is -2.56. The lowest BCUT2D eigenvalue weighted by molar-refractivity contribution is -0.193. The number of halogens is 3. The van der Waals surface area contributed by atoms with Crippen molar-refractivity contribution in [2.75, 3.05) is 13.1 Å². The van der Waals surface area contributed by atoms with Crippen molar-refractivity contribution in [2.45, 2.75) is 19.0 Å². The molecular formula is C9H12F3N3O2. The minimum Gasteiger partial charge on any atom is -0.315 e. The van der Waals surface area contributed by atoms with Crippen LogP contribution in [0.3, 0.4) is 0 Å².